The van der Waals surface area contributed by atoms with E-state index in [0.717, 1.165) is 6.07 Å². The molecule has 0 radical (unpaired) electrons. The lowest BCUT2D eigenvalue weighted by molar-refractivity contribution is -0.385. The Morgan fingerprint density at radius 2 is 1.50 bits per heavy atom. The molecular formula is C13H10N4O5. The number of hydrogen-bond donors (Lipinski definition) is 2. The molecule has 9 heteroatoms. The molecule has 0 bridgehead atoms. The number of hydrogen-bond acceptors (Lipinski definition) is 6. The molecule has 2 aromatic carbocycles. The lowest BCUT2D eigenvalue weighted by Gasteiger charge is -2.07. The Morgan fingerprint density at radius 3 is 2.00 bits per heavy atom. The number of nitrogens with two attached hydrogens (primary N) is 1. The molecule has 0 saturated heterocycles. The number of nitro groups is 2. The number of anilines is 2. The van der Waals surface area contributed by atoms with E-state index in [0.29, 0.717) is 0 Å². The van der Waals surface area contributed by atoms with Crippen LogP contribution < -0.4 is 11.1 Å². The molecule has 1 amide bonds. The standard InChI is InChI=1S/C13H10N4O5/c14-11-7-10(17(21)22)5-6-12(11)15-13(18)8-1-3-9(4-2-8)16(19)20/h1-7H,14H2,(H,15,18). The van der Waals surface area contributed by atoms with Gasteiger partial charge in [0.2, 0.25) is 0 Å². The van der Waals surface area contributed by atoms with Crippen molar-refractivity contribution in [2.24, 2.45) is 0 Å². The molecular weight excluding hydrogens is 292 g/mol. The Balaban J connectivity index is 2.18. The first-order valence-corrected chi connectivity index (χ1v) is 5.98. The number of nitrogens with one attached hydrogen (secondary N) is 1. The first-order chi connectivity index (χ1) is 10.4. The minimum absolute atomic E-state index is 0.0458. The summed E-state index contributed by atoms with van der Waals surface area (Å²) < 4.78 is 0. The second kappa shape index (κ2) is 5.87. The van der Waals surface area contributed by atoms with Gasteiger partial charge in [0.25, 0.3) is 17.3 Å². The van der Waals surface area contributed by atoms with E-state index in [-0.39, 0.29) is 28.3 Å². The zero-order valence-corrected chi connectivity index (χ0v) is 11.1. The van der Waals surface area contributed by atoms with Crippen LogP contribution in [0.4, 0.5) is 22.7 Å². The Hall–Kier alpha value is -3.49. The van der Waals surface area contributed by atoms with Gasteiger partial charge < -0.3 is 11.1 Å². The summed E-state index contributed by atoms with van der Waals surface area (Å²) in [5, 5.41) is 23.6. The lowest BCUT2D eigenvalue weighted by atomic mass is 10.2. The van der Waals surface area contributed by atoms with Crippen LogP contribution in [0.15, 0.2) is 42.5 Å². The Morgan fingerprint density at radius 1 is 0.955 bits per heavy atom. The van der Waals surface area contributed by atoms with Crippen LogP contribution in [0.5, 0.6) is 0 Å². The molecule has 0 fully saturated rings. The molecule has 0 aliphatic carbocycles. The summed E-state index contributed by atoms with van der Waals surface area (Å²) in [7, 11) is 0. The van der Waals surface area contributed by atoms with Crippen LogP contribution in [-0.4, -0.2) is 15.8 Å². The minimum atomic E-state index is -0.599. The highest BCUT2D eigenvalue weighted by molar-refractivity contribution is 6.05. The van der Waals surface area contributed by atoms with E-state index in [2.05, 4.69) is 5.32 Å². The zero-order valence-electron chi connectivity index (χ0n) is 11.1. The molecule has 22 heavy (non-hydrogen) atoms. The fraction of sp³-hybridized carbons (Fsp3) is 0. The molecule has 0 aromatic heterocycles. The van der Waals surface area contributed by atoms with Gasteiger partial charge in [-0.15, -0.1) is 0 Å². The van der Waals surface area contributed by atoms with Gasteiger partial charge >= 0.3 is 0 Å². The maximum atomic E-state index is 12.0. The predicted octanol–water partition coefficient (Wildman–Crippen LogP) is 2.34. The second-order valence-electron chi connectivity index (χ2n) is 4.29. The highest BCUT2D eigenvalue weighted by atomic mass is 16.6. The molecule has 3 N–H and O–H groups in total. The van der Waals surface area contributed by atoms with Gasteiger partial charge in [-0.3, -0.25) is 25.0 Å². The van der Waals surface area contributed by atoms with Crippen molar-refractivity contribution in [1.82, 2.24) is 0 Å². The Bertz CT molecular complexity index is 758. The molecule has 0 unspecified atom stereocenters. The van der Waals surface area contributed by atoms with Crippen molar-refractivity contribution in [3.8, 4) is 0 Å². The van der Waals surface area contributed by atoms with E-state index in [1.54, 1.807) is 0 Å². The summed E-state index contributed by atoms with van der Waals surface area (Å²) in [5.74, 6) is -0.532. The maximum absolute atomic E-state index is 12.0. The summed E-state index contributed by atoms with van der Waals surface area (Å²) in [4.78, 5) is 32.0. The third-order valence-corrected chi connectivity index (χ3v) is 2.83. The number of rotatable bonds is 4. The van der Waals surface area contributed by atoms with Gasteiger partial charge in [-0.25, -0.2) is 0 Å². The summed E-state index contributed by atoms with van der Waals surface area (Å²) in [6.45, 7) is 0. The van der Waals surface area contributed by atoms with Crippen LogP contribution >= 0.6 is 0 Å². The van der Waals surface area contributed by atoms with Gasteiger partial charge in [0.1, 0.15) is 0 Å². The van der Waals surface area contributed by atoms with Crippen LogP contribution in [0.2, 0.25) is 0 Å². The van der Waals surface area contributed by atoms with Gasteiger partial charge in [-0.05, 0) is 18.2 Å². The van der Waals surface area contributed by atoms with Crippen LogP contribution in [-0.2, 0) is 0 Å². The van der Waals surface area contributed by atoms with Gasteiger partial charge in [-0.2, -0.15) is 0 Å². The molecule has 2 rings (SSSR count). The number of nitrogens with zero attached hydrogens (tertiary/aromatic N) is 2. The van der Waals surface area contributed by atoms with E-state index in [4.69, 9.17) is 5.73 Å². The van der Waals surface area contributed by atoms with Crippen molar-refractivity contribution in [2.45, 2.75) is 0 Å². The van der Waals surface area contributed by atoms with Gasteiger partial charge in [0.15, 0.2) is 0 Å². The highest BCUT2D eigenvalue weighted by Gasteiger charge is 2.13. The monoisotopic (exact) mass is 302 g/mol. The number of nitro benzene ring substituents is 2. The summed E-state index contributed by atoms with van der Waals surface area (Å²) in [5.41, 5.74) is 5.78. The van der Waals surface area contributed by atoms with Crippen LogP contribution in [0.25, 0.3) is 0 Å². The van der Waals surface area contributed by atoms with Crippen molar-refractivity contribution in [2.75, 3.05) is 11.1 Å². The van der Waals surface area contributed by atoms with E-state index in [1.165, 1.54) is 36.4 Å². The van der Waals surface area contributed by atoms with Crippen molar-refractivity contribution in [3.63, 3.8) is 0 Å². The minimum Gasteiger partial charge on any atom is -0.397 e. The zero-order chi connectivity index (χ0) is 16.3. The average molecular weight is 302 g/mol. The van der Waals surface area contributed by atoms with Crippen LogP contribution in [0, 0.1) is 20.2 Å². The molecule has 9 nitrogen and oxygen atoms in total. The highest BCUT2D eigenvalue weighted by Crippen LogP contribution is 2.24. The summed E-state index contributed by atoms with van der Waals surface area (Å²) in [6.07, 6.45) is 0. The molecule has 112 valence electrons. The number of nitrogen functional groups attached to an aromatic ring is 1. The normalized spacial score (nSPS) is 10.0. The second-order valence-corrected chi connectivity index (χ2v) is 4.29. The molecule has 0 heterocycles. The van der Waals surface area contributed by atoms with Crippen LogP contribution in [0.1, 0.15) is 10.4 Å². The number of carbonyl (C=O) groups is 1. The molecule has 0 saturated carbocycles. The smallest absolute Gasteiger partial charge is 0.271 e. The molecule has 0 spiro atoms. The number of benzene rings is 2. The van der Waals surface area contributed by atoms with E-state index < -0.39 is 15.8 Å². The predicted molar refractivity (Wildman–Crippen MR) is 78.6 cm³/mol. The largest absolute Gasteiger partial charge is 0.397 e. The summed E-state index contributed by atoms with van der Waals surface area (Å²) >= 11 is 0. The number of carbonyl (C=O) groups excluding carboxylic acids is 1. The molecule has 0 aliphatic rings. The fourth-order valence-electron chi connectivity index (χ4n) is 1.71. The first-order valence-electron chi connectivity index (χ1n) is 5.98. The van der Waals surface area contributed by atoms with Gasteiger partial charge in [0.05, 0.1) is 21.2 Å². The first kappa shape index (κ1) is 14.9. The van der Waals surface area contributed by atoms with Crippen molar-refractivity contribution in [3.05, 3.63) is 68.3 Å². The van der Waals surface area contributed by atoms with Crippen molar-refractivity contribution >= 4 is 28.7 Å². The third kappa shape index (κ3) is 3.15. The molecule has 2 aromatic rings. The van der Waals surface area contributed by atoms with E-state index in [9.17, 15) is 25.0 Å². The van der Waals surface area contributed by atoms with Crippen molar-refractivity contribution in [1.29, 1.82) is 0 Å². The van der Waals surface area contributed by atoms with Gasteiger partial charge in [-0.1, -0.05) is 0 Å². The number of amides is 1. The third-order valence-electron chi connectivity index (χ3n) is 2.83. The Labute approximate surface area is 123 Å². The lowest BCUT2D eigenvalue weighted by Crippen LogP contribution is -2.13. The molecule has 0 atom stereocenters. The van der Waals surface area contributed by atoms with Crippen LogP contribution in [0.3, 0.4) is 0 Å². The Kier molecular flexibility index (Phi) is 3.98. The topological polar surface area (TPSA) is 141 Å². The van der Waals surface area contributed by atoms with E-state index in [1.807, 2.05) is 0 Å². The number of non-ortho nitro benzene ring substituents is 2. The van der Waals surface area contributed by atoms with E-state index >= 15 is 0 Å². The fourth-order valence-corrected chi connectivity index (χ4v) is 1.71. The maximum Gasteiger partial charge on any atom is 0.271 e. The summed E-state index contributed by atoms with van der Waals surface area (Å²) in [6, 6.07) is 8.66. The average Bonchev–Trinajstić information content (AvgIpc) is 2.49. The quantitative estimate of drug-likeness (QED) is 0.504. The van der Waals surface area contributed by atoms with Crippen molar-refractivity contribution < 1.29 is 14.6 Å². The SMILES string of the molecule is Nc1cc([N+](=O)[O-])ccc1NC(=O)c1ccc([N+](=O)[O-])cc1. The van der Waals surface area contributed by atoms with Gasteiger partial charge in [0, 0.05) is 29.8 Å². The molecule has 0 aliphatic heterocycles.